The van der Waals surface area contributed by atoms with Gasteiger partial charge in [0.25, 0.3) is 0 Å². The third-order valence-corrected chi connectivity index (χ3v) is 5.84. The van der Waals surface area contributed by atoms with Crippen molar-refractivity contribution in [2.24, 2.45) is 0 Å². The van der Waals surface area contributed by atoms with E-state index in [1.807, 2.05) is 31.2 Å². The van der Waals surface area contributed by atoms with Crippen LogP contribution in [0.15, 0.2) is 59.0 Å². The van der Waals surface area contributed by atoms with Gasteiger partial charge >= 0.3 is 5.97 Å². The molecule has 158 valence electrons. The summed E-state index contributed by atoms with van der Waals surface area (Å²) in [5.74, 6) is -1.74. The summed E-state index contributed by atoms with van der Waals surface area (Å²) in [6.07, 6.45) is 0. The van der Waals surface area contributed by atoms with E-state index < -0.39 is 23.4 Å². The van der Waals surface area contributed by atoms with Crippen LogP contribution in [0.1, 0.15) is 48.0 Å². The van der Waals surface area contributed by atoms with Crippen molar-refractivity contribution in [3.8, 4) is 11.3 Å². The standard InChI is InChI=1S/C26H17FO5/c1-13-4-3-5-18-17(13)10-11-19-22(18)24(29)23(28)21-14(2)20(32-25(19)21)12-31-26(30)15-6-8-16(27)9-7-15/h3-11H,12H2,1-2H3. The van der Waals surface area contributed by atoms with E-state index in [-0.39, 0.29) is 23.5 Å². The second kappa shape index (κ2) is 7.27. The fourth-order valence-electron chi connectivity index (χ4n) is 4.14. The maximum Gasteiger partial charge on any atom is 0.338 e. The number of esters is 1. The molecule has 5 rings (SSSR count). The summed E-state index contributed by atoms with van der Waals surface area (Å²) in [5.41, 5.74) is 2.72. The molecule has 0 saturated heterocycles. The molecule has 0 saturated carbocycles. The van der Waals surface area contributed by atoms with Gasteiger partial charge in [-0.2, -0.15) is 0 Å². The molecule has 0 unspecified atom stereocenters. The number of hydrogen-bond donors (Lipinski definition) is 0. The number of aryl methyl sites for hydroxylation is 1. The zero-order valence-electron chi connectivity index (χ0n) is 17.3. The molecule has 32 heavy (non-hydrogen) atoms. The Labute approximate surface area is 182 Å². The predicted octanol–water partition coefficient (Wildman–Crippen LogP) is 5.59. The number of rotatable bonds is 3. The number of carbonyl (C=O) groups excluding carboxylic acids is 3. The van der Waals surface area contributed by atoms with Crippen LogP contribution in [0.3, 0.4) is 0 Å². The Kier molecular flexibility index (Phi) is 4.51. The van der Waals surface area contributed by atoms with E-state index in [0.717, 1.165) is 10.9 Å². The molecule has 4 aromatic rings. The van der Waals surface area contributed by atoms with Crippen molar-refractivity contribution in [2.45, 2.75) is 20.5 Å². The summed E-state index contributed by atoms with van der Waals surface area (Å²) < 4.78 is 24.3. The molecule has 0 atom stereocenters. The molecule has 6 heteroatoms. The average Bonchev–Trinajstić information content (AvgIpc) is 3.12. The Morgan fingerprint density at radius 3 is 2.38 bits per heavy atom. The van der Waals surface area contributed by atoms with Crippen LogP contribution in [0, 0.1) is 19.7 Å². The van der Waals surface area contributed by atoms with Crippen LogP contribution in [0.5, 0.6) is 0 Å². The summed E-state index contributed by atoms with van der Waals surface area (Å²) in [4.78, 5) is 38.3. The van der Waals surface area contributed by atoms with Gasteiger partial charge in [-0.05, 0) is 60.5 Å². The number of furan rings is 1. The first-order chi connectivity index (χ1) is 15.4. The van der Waals surface area contributed by atoms with Gasteiger partial charge < -0.3 is 9.15 Å². The van der Waals surface area contributed by atoms with Gasteiger partial charge in [-0.3, -0.25) is 9.59 Å². The van der Waals surface area contributed by atoms with Crippen LogP contribution < -0.4 is 0 Å². The van der Waals surface area contributed by atoms with E-state index in [1.165, 1.54) is 24.3 Å². The maximum absolute atomic E-state index is 13.1. The minimum absolute atomic E-state index is 0.193. The highest BCUT2D eigenvalue weighted by molar-refractivity contribution is 6.54. The fourth-order valence-corrected chi connectivity index (χ4v) is 4.14. The second-order valence-electron chi connectivity index (χ2n) is 7.75. The Morgan fingerprint density at radius 1 is 0.906 bits per heavy atom. The highest BCUT2D eigenvalue weighted by Gasteiger charge is 2.37. The molecule has 0 bridgehead atoms. The van der Waals surface area contributed by atoms with Gasteiger partial charge in [-0.25, -0.2) is 9.18 Å². The van der Waals surface area contributed by atoms with Crippen molar-refractivity contribution >= 4 is 28.3 Å². The summed E-state index contributed by atoms with van der Waals surface area (Å²) in [6.45, 7) is 3.38. The van der Waals surface area contributed by atoms with E-state index >= 15 is 0 Å². The molecular formula is C26H17FO5. The van der Waals surface area contributed by atoms with Crippen molar-refractivity contribution < 1.29 is 27.9 Å². The summed E-state index contributed by atoms with van der Waals surface area (Å²) in [6, 6.07) is 14.3. The molecule has 1 aliphatic carbocycles. The first-order valence-electron chi connectivity index (χ1n) is 10.0. The van der Waals surface area contributed by atoms with E-state index in [0.29, 0.717) is 27.8 Å². The van der Waals surface area contributed by atoms with Gasteiger partial charge in [0.05, 0.1) is 11.1 Å². The lowest BCUT2D eigenvalue weighted by molar-refractivity contribution is 0.0445. The van der Waals surface area contributed by atoms with Crippen LogP contribution in [0.25, 0.3) is 22.1 Å². The number of hydrogen-bond acceptors (Lipinski definition) is 5. The smallest absolute Gasteiger partial charge is 0.338 e. The molecular weight excluding hydrogens is 411 g/mol. The number of benzene rings is 3. The topological polar surface area (TPSA) is 73.6 Å². The van der Waals surface area contributed by atoms with Gasteiger partial charge in [-0.15, -0.1) is 0 Å². The number of ketones is 2. The zero-order chi connectivity index (χ0) is 22.6. The minimum atomic E-state index is -0.650. The Morgan fingerprint density at radius 2 is 1.62 bits per heavy atom. The number of carbonyl (C=O) groups is 3. The third kappa shape index (κ3) is 2.95. The van der Waals surface area contributed by atoms with Gasteiger partial charge in [-0.1, -0.05) is 24.3 Å². The highest BCUT2D eigenvalue weighted by Crippen LogP contribution is 2.41. The zero-order valence-corrected chi connectivity index (χ0v) is 17.3. The van der Waals surface area contributed by atoms with E-state index in [4.69, 9.17) is 9.15 Å². The number of fused-ring (bicyclic) bond motifs is 5. The average molecular weight is 428 g/mol. The van der Waals surface area contributed by atoms with Crippen LogP contribution in [-0.2, 0) is 11.3 Å². The quantitative estimate of drug-likeness (QED) is 0.314. The van der Waals surface area contributed by atoms with Crippen molar-refractivity contribution in [1.82, 2.24) is 0 Å². The van der Waals surface area contributed by atoms with E-state index in [2.05, 4.69) is 0 Å². The highest BCUT2D eigenvalue weighted by atomic mass is 19.1. The molecule has 3 aromatic carbocycles. The first kappa shape index (κ1) is 19.9. The van der Waals surface area contributed by atoms with Gasteiger partial charge in [0, 0.05) is 16.7 Å². The SMILES string of the molecule is Cc1c(COC(=O)c2ccc(F)cc2)oc2c1C(=O)C(=O)c1c-2ccc2c(C)cccc12. The van der Waals surface area contributed by atoms with Gasteiger partial charge in [0.1, 0.15) is 23.9 Å². The Bertz CT molecular complexity index is 1440. The molecule has 0 fully saturated rings. The number of halogens is 1. The lowest BCUT2D eigenvalue weighted by atomic mass is 9.83. The van der Waals surface area contributed by atoms with E-state index in [1.54, 1.807) is 13.0 Å². The molecule has 0 spiro atoms. The summed E-state index contributed by atoms with van der Waals surface area (Å²) >= 11 is 0. The van der Waals surface area contributed by atoms with E-state index in [9.17, 15) is 18.8 Å². The molecule has 0 aliphatic heterocycles. The molecule has 1 aromatic heterocycles. The largest absolute Gasteiger partial charge is 0.456 e. The van der Waals surface area contributed by atoms with Crippen LogP contribution in [0.2, 0.25) is 0 Å². The molecule has 0 amide bonds. The Balaban J connectivity index is 1.55. The predicted molar refractivity (Wildman–Crippen MR) is 115 cm³/mol. The molecule has 1 aliphatic rings. The van der Waals surface area contributed by atoms with Crippen molar-refractivity contribution in [3.63, 3.8) is 0 Å². The van der Waals surface area contributed by atoms with Gasteiger partial charge in [0.15, 0.2) is 0 Å². The fraction of sp³-hybridized carbons (Fsp3) is 0.115. The minimum Gasteiger partial charge on any atom is -0.456 e. The molecule has 0 radical (unpaired) electrons. The van der Waals surface area contributed by atoms with Crippen molar-refractivity contribution in [3.05, 3.63) is 94.0 Å². The van der Waals surface area contributed by atoms with Crippen LogP contribution >= 0.6 is 0 Å². The van der Waals surface area contributed by atoms with Crippen molar-refractivity contribution in [2.75, 3.05) is 0 Å². The third-order valence-electron chi connectivity index (χ3n) is 5.84. The number of Topliss-reactive ketones (excluding diaryl/α,β-unsaturated/α-hetero) is 2. The normalized spacial score (nSPS) is 12.6. The van der Waals surface area contributed by atoms with Gasteiger partial charge in [0.2, 0.25) is 11.6 Å². The number of ether oxygens (including phenoxy) is 1. The first-order valence-corrected chi connectivity index (χ1v) is 10.0. The second-order valence-corrected chi connectivity index (χ2v) is 7.75. The van der Waals surface area contributed by atoms with Crippen molar-refractivity contribution in [1.29, 1.82) is 0 Å². The molecule has 5 nitrogen and oxygen atoms in total. The summed E-state index contributed by atoms with van der Waals surface area (Å²) in [5, 5.41) is 1.59. The summed E-state index contributed by atoms with van der Waals surface area (Å²) in [7, 11) is 0. The molecule has 0 N–H and O–H groups in total. The molecule has 1 heterocycles. The van der Waals surface area contributed by atoms with Crippen LogP contribution in [-0.4, -0.2) is 17.5 Å². The monoisotopic (exact) mass is 428 g/mol. The maximum atomic E-state index is 13.1. The van der Waals surface area contributed by atoms with Crippen LogP contribution in [0.4, 0.5) is 4.39 Å². The lowest BCUT2D eigenvalue weighted by Crippen LogP contribution is -2.21. The Hall–Kier alpha value is -4.06. The lowest BCUT2D eigenvalue weighted by Gasteiger charge is -2.16.